The molecule has 5 nitrogen and oxygen atoms in total. The van der Waals surface area contributed by atoms with Gasteiger partial charge in [0.05, 0.1) is 11.3 Å². The fraction of sp³-hybridized carbons (Fsp3) is 0.455. The first-order valence-corrected chi connectivity index (χ1v) is 13.1. The van der Waals surface area contributed by atoms with Crippen molar-refractivity contribution in [3.05, 3.63) is 32.8 Å². The van der Waals surface area contributed by atoms with E-state index < -0.39 is 0 Å². The van der Waals surface area contributed by atoms with Gasteiger partial charge in [-0.15, -0.1) is 22.7 Å². The van der Waals surface area contributed by atoms with Crippen LogP contribution in [-0.2, 0) is 30.5 Å². The maximum absolute atomic E-state index is 12.7. The number of aryl methyl sites for hydroxylation is 3. The number of thiophene rings is 2. The molecule has 2 aliphatic rings. The zero-order valence-electron chi connectivity index (χ0n) is 16.6. The van der Waals surface area contributed by atoms with Gasteiger partial charge in [-0.2, -0.15) is 5.26 Å². The van der Waals surface area contributed by atoms with E-state index in [1.807, 2.05) is 0 Å². The summed E-state index contributed by atoms with van der Waals surface area (Å²) in [7, 11) is 0. The number of carbonyl (C=O) groups is 1. The Morgan fingerprint density at radius 2 is 1.77 bits per heavy atom. The van der Waals surface area contributed by atoms with E-state index >= 15 is 0 Å². The average Bonchev–Trinajstić information content (AvgIpc) is 3.21. The minimum absolute atomic E-state index is 0.0798. The lowest BCUT2D eigenvalue weighted by atomic mass is 9.97. The van der Waals surface area contributed by atoms with Crippen LogP contribution < -0.4 is 5.32 Å². The molecular weight excluding hydrogens is 432 g/mol. The first kappa shape index (κ1) is 20.0. The summed E-state index contributed by atoms with van der Waals surface area (Å²) in [5.74, 6) is 0.202. The lowest BCUT2D eigenvalue weighted by Crippen LogP contribution is -2.14. The third-order valence-corrected chi connectivity index (χ3v) is 9.24. The first-order chi connectivity index (χ1) is 14.7. The molecule has 3 heterocycles. The maximum Gasteiger partial charge on any atom is 0.235 e. The van der Waals surface area contributed by atoms with Crippen molar-refractivity contribution >= 4 is 55.6 Å². The highest BCUT2D eigenvalue weighted by atomic mass is 32.2. The normalized spacial score (nSPS) is 15.8. The number of nitrogens with one attached hydrogen (secondary N) is 1. The van der Waals surface area contributed by atoms with Gasteiger partial charge in [0, 0.05) is 15.1 Å². The molecule has 0 unspecified atom stereocenters. The zero-order chi connectivity index (χ0) is 20.5. The Balaban J connectivity index is 1.33. The first-order valence-electron chi connectivity index (χ1n) is 10.5. The molecule has 0 saturated carbocycles. The Bertz CT molecular complexity index is 1160. The van der Waals surface area contributed by atoms with E-state index in [1.165, 1.54) is 46.3 Å². The van der Waals surface area contributed by atoms with E-state index in [9.17, 15) is 10.1 Å². The standard InChI is InChI=1S/C22H22N4OS3/c23-10-15-13-6-2-1-3-8-16(13)29-20(15)26-18(27)11-28-21-19-14-7-4-5-9-17(14)30-22(19)25-12-24-21/h12H,1-9,11H2,(H,26,27). The highest BCUT2D eigenvalue weighted by Gasteiger charge is 2.23. The largest absolute Gasteiger partial charge is 0.316 e. The molecule has 0 aromatic carbocycles. The second kappa shape index (κ2) is 8.66. The number of hydrogen-bond acceptors (Lipinski definition) is 7. The lowest BCUT2D eigenvalue weighted by molar-refractivity contribution is -0.113. The van der Waals surface area contributed by atoms with Crippen LogP contribution in [0.5, 0.6) is 0 Å². The van der Waals surface area contributed by atoms with E-state index in [-0.39, 0.29) is 11.7 Å². The minimum Gasteiger partial charge on any atom is -0.316 e. The number of nitriles is 1. The molecule has 30 heavy (non-hydrogen) atoms. The molecule has 3 aromatic heterocycles. The molecular formula is C22H22N4OS3. The van der Waals surface area contributed by atoms with Crippen molar-refractivity contribution in [2.75, 3.05) is 11.1 Å². The summed E-state index contributed by atoms with van der Waals surface area (Å²) in [6.45, 7) is 0. The third kappa shape index (κ3) is 3.75. The molecule has 0 fully saturated rings. The zero-order valence-corrected chi connectivity index (χ0v) is 19.1. The van der Waals surface area contributed by atoms with Gasteiger partial charge in [-0.3, -0.25) is 4.79 Å². The van der Waals surface area contributed by atoms with Gasteiger partial charge in [0.2, 0.25) is 5.91 Å². The van der Waals surface area contributed by atoms with Gasteiger partial charge in [0.1, 0.15) is 27.3 Å². The molecule has 0 bridgehead atoms. The Kier molecular flexibility index (Phi) is 5.77. The van der Waals surface area contributed by atoms with Crippen molar-refractivity contribution in [2.24, 2.45) is 0 Å². The average molecular weight is 455 g/mol. The Hall–Kier alpha value is -1.95. The number of fused-ring (bicyclic) bond motifs is 4. The van der Waals surface area contributed by atoms with Crippen LogP contribution in [0.2, 0.25) is 0 Å². The van der Waals surface area contributed by atoms with Crippen molar-refractivity contribution in [3.63, 3.8) is 0 Å². The quantitative estimate of drug-likeness (QED) is 0.320. The van der Waals surface area contributed by atoms with E-state index in [1.54, 1.807) is 29.0 Å². The molecule has 1 N–H and O–H groups in total. The van der Waals surface area contributed by atoms with Crippen LogP contribution in [0.4, 0.5) is 5.00 Å². The van der Waals surface area contributed by atoms with Gasteiger partial charge in [0.15, 0.2) is 0 Å². The Labute approximate surface area is 187 Å². The second-order valence-electron chi connectivity index (χ2n) is 7.79. The summed E-state index contributed by atoms with van der Waals surface area (Å²) in [5.41, 5.74) is 3.22. The van der Waals surface area contributed by atoms with Crippen LogP contribution in [0.3, 0.4) is 0 Å². The van der Waals surface area contributed by atoms with Crippen LogP contribution in [0, 0.1) is 11.3 Å². The number of aromatic nitrogens is 2. The predicted molar refractivity (Wildman–Crippen MR) is 124 cm³/mol. The number of rotatable bonds is 4. The minimum atomic E-state index is -0.0798. The molecule has 0 aliphatic heterocycles. The predicted octanol–water partition coefficient (Wildman–Crippen LogP) is 5.50. The maximum atomic E-state index is 12.7. The summed E-state index contributed by atoms with van der Waals surface area (Å²) in [4.78, 5) is 25.4. The van der Waals surface area contributed by atoms with Gasteiger partial charge < -0.3 is 5.32 Å². The van der Waals surface area contributed by atoms with Gasteiger partial charge in [-0.1, -0.05) is 18.2 Å². The molecule has 1 amide bonds. The van der Waals surface area contributed by atoms with Crippen molar-refractivity contribution in [1.29, 1.82) is 5.26 Å². The Morgan fingerprint density at radius 1 is 1.03 bits per heavy atom. The van der Waals surface area contributed by atoms with Crippen LogP contribution >= 0.6 is 34.4 Å². The van der Waals surface area contributed by atoms with E-state index in [2.05, 4.69) is 21.4 Å². The van der Waals surface area contributed by atoms with E-state index in [4.69, 9.17) is 0 Å². The summed E-state index contributed by atoms with van der Waals surface area (Å²) in [5, 5.41) is 15.4. The van der Waals surface area contributed by atoms with Crippen LogP contribution in [-0.4, -0.2) is 21.6 Å². The Morgan fingerprint density at radius 3 is 2.63 bits per heavy atom. The van der Waals surface area contributed by atoms with Gasteiger partial charge in [-0.05, 0) is 62.5 Å². The van der Waals surface area contributed by atoms with Gasteiger partial charge in [0.25, 0.3) is 0 Å². The van der Waals surface area contributed by atoms with Crippen molar-refractivity contribution in [2.45, 2.75) is 62.8 Å². The summed E-state index contributed by atoms with van der Waals surface area (Å²) in [6, 6.07) is 2.34. The fourth-order valence-corrected chi connectivity index (χ4v) is 7.79. The number of thioether (sulfide) groups is 1. The SMILES string of the molecule is N#Cc1c(NC(=O)CSc2ncnc3sc4c(c23)CCCC4)sc2c1CCCCC2. The number of hydrogen-bond donors (Lipinski definition) is 1. The molecule has 0 radical (unpaired) electrons. The van der Waals surface area contributed by atoms with Crippen molar-refractivity contribution in [1.82, 2.24) is 9.97 Å². The van der Waals surface area contributed by atoms with Gasteiger partial charge >= 0.3 is 0 Å². The lowest BCUT2D eigenvalue weighted by Gasteiger charge is -2.11. The highest BCUT2D eigenvalue weighted by molar-refractivity contribution is 8.00. The summed E-state index contributed by atoms with van der Waals surface area (Å²) < 4.78 is 0. The molecule has 5 rings (SSSR count). The molecule has 3 aromatic rings. The highest BCUT2D eigenvalue weighted by Crippen LogP contribution is 2.40. The third-order valence-electron chi connectivity index (χ3n) is 5.84. The molecule has 0 atom stereocenters. The number of carbonyl (C=O) groups excluding carboxylic acids is 1. The fourth-order valence-electron chi connectivity index (χ4n) is 4.42. The number of anilines is 1. The smallest absolute Gasteiger partial charge is 0.235 e. The monoisotopic (exact) mass is 454 g/mol. The van der Waals surface area contributed by atoms with Crippen LogP contribution in [0.1, 0.15) is 58.5 Å². The number of nitrogens with zero attached hydrogens (tertiary/aromatic N) is 3. The van der Waals surface area contributed by atoms with Crippen LogP contribution in [0.15, 0.2) is 11.4 Å². The molecule has 0 saturated heterocycles. The topological polar surface area (TPSA) is 78.7 Å². The molecule has 2 aliphatic carbocycles. The molecule has 154 valence electrons. The summed E-state index contributed by atoms with van der Waals surface area (Å²) in [6.07, 6.45) is 11.7. The summed E-state index contributed by atoms with van der Waals surface area (Å²) >= 11 is 4.83. The van der Waals surface area contributed by atoms with E-state index in [0.29, 0.717) is 5.56 Å². The molecule has 0 spiro atoms. The van der Waals surface area contributed by atoms with Crippen molar-refractivity contribution in [3.8, 4) is 6.07 Å². The van der Waals surface area contributed by atoms with E-state index in [0.717, 1.165) is 64.3 Å². The van der Waals surface area contributed by atoms with Crippen LogP contribution in [0.25, 0.3) is 10.2 Å². The van der Waals surface area contributed by atoms with Gasteiger partial charge in [-0.25, -0.2) is 9.97 Å². The number of amides is 1. The molecule has 8 heteroatoms. The second-order valence-corrected chi connectivity index (χ2v) is 10.9. The van der Waals surface area contributed by atoms with Crippen molar-refractivity contribution < 1.29 is 4.79 Å².